The molecule has 2 saturated heterocycles. The monoisotopic (exact) mass is 269 g/mol. The van der Waals surface area contributed by atoms with Crippen molar-refractivity contribution in [2.45, 2.75) is 75.0 Å². The number of fused-ring (bicyclic) bond motifs is 2. The smallest absolute Gasteiger partial charge is 0.0857 e. The van der Waals surface area contributed by atoms with Gasteiger partial charge in [-0.15, -0.1) is 0 Å². The number of nitrogens with zero attached hydrogens (tertiary/aromatic N) is 2. The third-order valence-electron chi connectivity index (χ3n) is 4.75. The van der Waals surface area contributed by atoms with E-state index in [4.69, 9.17) is 20.3 Å². The molecular formula is C12H19N3O4-2. The number of nitrogens with one attached hydrogen (secondary N) is 1. The van der Waals surface area contributed by atoms with Crippen LogP contribution in [-0.2, 0) is 14.4 Å². The van der Waals surface area contributed by atoms with Crippen molar-refractivity contribution in [3.05, 3.63) is 11.0 Å². The summed E-state index contributed by atoms with van der Waals surface area (Å²) in [4.78, 5) is 5.13. The molecule has 4 aliphatic rings. The molecule has 6 atom stereocenters. The highest BCUT2D eigenvalue weighted by Gasteiger charge is 2.46. The standard InChI is InChI=1S/C12H19N3O4/c13-14(7-1-3-9-11(5-7)17-9)19-15(16)8-2-4-10-12(6-8)18-10/h7-13H,1-6H2/q-2. The third kappa shape index (κ3) is 2.52. The lowest BCUT2D eigenvalue weighted by Crippen LogP contribution is -2.42. The van der Waals surface area contributed by atoms with Crippen LogP contribution in [0.4, 0.5) is 0 Å². The van der Waals surface area contributed by atoms with Gasteiger partial charge in [-0.25, -0.2) is 10.2 Å². The maximum absolute atomic E-state index is 12.0. The number of rotatable bonds is 4. The van der Waals surface area contributed by atoms with E-state index in [-0.39, 0.29) is 24.3 Å². The van der Waals surface area contributed by atoms with Crippen molar-refractivity contribution in [3.8, 4) is 0 Å². The molecule has 4 rings (SSSR count). The summed E-state index contributed by atoms with van der Waals surface area (Å²) in [5.41, 5.74) is 0. The summed E-state index contributed by atoms with van der Waals surface area (Å²) < 4.78 is 10.8. The number of hydrogen-bond acceptors (Lipinski definition) is 6. The fourth-order valence-corrected chi connectivity index (χ4v) is 3.39. The molecule has 1 N–H and O–H groups in total. The minimum absolute atomic E-state index is 0.0336. The zero-order valence-corrected chi connectivity index (χ0v) is 10.7. The van der Waals surface area contributed by atoms with Crippen LogP contribution in [0.2, 0.25) is 0 Å². The Kier molecular flexibility index (Phi) is 3.03. The molecule has 6 unspecified atom stereocenters. The number of epoxide rings is 2. The first-order valence-corrected chi connectivity index (χ1v) is 7.16. The van der Waals surface area contributed by atoms with E-state index in [0.29, 0.717) is 17.4 Å². The Morgan fingerprint density at radius 2 is 1.47 bits per heavy atom. The van der Waals surface area contributed by atoms with Crippen LogP contribution in [0.15, 0.2) is 0 Å². The van der Waals surface area contributed by atoms with Gasteiger partial charge in [0.1, 0.15) is 0 Å². The zero-order chi connectivity index (χ0) is 13.0. The Morgan fingerprint density at radius 1 is 0.895 bits per heavy atom. The summed E-state index contributed by atoms with van der Waals surface area (Å²) in [7, 11) is 0. The first-order valence-electron chi connectivity index (χ1n) is 7.16. The Morgan fingerprint density at radius 3 is 2.11 bits per heavy atom. The summed E-state index contributed by atoms with van der Waals surface area (Å²) in [5.74, 6) is 7.87. The summed E-state index contributed by atoms with van der Waals surface area (Å²) in [5, 5.41) is 13.5. The van der Waals surface area contributed by atoms with Gasteiger partial charge >= 0.3 is 0 Å². The second kappa shape index (κ2) is 4.63. The van der Waals surface area contributed by atoms with Crippen LogP contribution in [0.3, 0.4) is 0 Å². The molecule has 0 aromatic heterocycles. The molecule has 2 heterocycles. The van der Waals surface area contributed by atoms with Gasteiger partial charge in [0.2, 0.25) is 0 Å². The van der Waals surface area contributed by atoms with Gasteiger partial charge in [-0.1, -0.05) is 0 Å². The highest BCUT2D eigenvalue weighted by molar-refractivity contribution is 4.95. The fraction of sp³-hybridized carbons (Fsp3) is 1.00. The average molecular weight is 269 g/mol. The molecule has 0 radical (unpaired) electrons. The van der Waals surface area contributed by atoms with E-state index in [1.807, 2.05) is 0 Å². The van der Waals surface area contributed by atoms with Crippen LogP contribution in [0.5, 0.6) is 0 Å². The lowest BCUT2D eigenvalue weighted by atomic mass is 9.96. The lowest BCUT2D eigenvalue weighted by Gasteiger charge is -2.45. The van der Waals surface area contributed by atoms with Gasteiger partial charge < -0.3 is 20.5 Å². The first kappa shape index (κ1) is 12.5. The summed E-state index contributed by atoms with van der Waals surface area (Å²) in [6.07, 6.45) is 6.35. The van der Waals surface area contributed by atoms with Gasteiger partial charge in [-0.05, 0) is 38.5 Å². The van der Waals surface area contributed by atoms with Crippen LogP contribution in [0, 0.1) is 5.21 Å². The van der Waals surface area contributed by atoms with E-state index in [0.717, 1.165) is 43.7 Å². The molecule has 2 saturated carbocycles. The van der Waals surface area contributed by atoms with Gasteiger partial charge in [0.05, 0.1) is 24.4 Å². The zero-order valence-electron chi connectivity index (χ0n) is 10.7. The Hall–Kier alpha value is -0.280. The van der Waals surface area contributed by atoms with Crippen molar-refractivity contribution in [1.29, 1.82) is 0 Å². The first-order chi connectivity index (χ1) is 9.20. The van der Waals surface area contributed by atoms with Gasteiger partial charge in [0.25, 0.3) is 0 Å². The summed E-state index contributed by atoms with van der Waals surface area (Å²) in [6, 6.07) is -0.209. The molecule has 108 valence electrons. The minimum Gasteiger partial charge on any atom is -0.761 e. The quantitative estimate of drug-likeness (QED) is 0.568. The van der Waals surface area contributed by atoms with E-state index in [1.54, 1.807) is 0 Å². The highest BCUT2D eigenvalue weighted by atomic mass is 17.0. The second-order valence-electron chi connectivity index (χ2n) is 6.05. The molecule has 0 aromatic carbocycles. The van der Waals surface area contributed by atoms with E-state index in [9.17, 15) is 5.21 Å². The predicted octanol–water partition coefficient (Wildman–Crippen LogP) is 1.54. The Labute approximate surface area is 112 Å². The van der Waals surface area contributed by atoms with Crippen LogP contribution < -0.4 is 0 Å². The molecule has 0 spiro atoms. The molecule has 19 heavy (non-hydrogen) atoms. The minimum atomic E-state index is -0.176. The van der Waals surface area contributed by atoms with E-state index in [1.165, 1.54) is 0 Å². The highest BCUT2D eigenvalue weighted by Crippen LogP contribution is 2.40. The van der Waals surface area contributed by atoms with Crippen molar-refractivity contribution in [2.24, 2.45) is 0 Å². The van der Waals surface area contributed by atoms with E-state index < -0.39 is 0 Å². The van der Waals surface area contributed by atoms with Crippen molar-refractivity contribution in [3.63, 3.8) is 0 Å². The molecule has 7 nitrogen and oxygen atoms in total. The van der Waals surface area contributed by atoms with Gasteiger partial charge in [-0.3, -0.25) is 5.17 Å². The molecule has 0 bridgehead atoms. The Balaban J connectivity index is 1.27. The van der Waals surface area contributed by atoms with Crippen molar-refractivity contribution < 1.29 is 14.4 Å². The number of ether oxygens (including phenoxy) is 2. The van der Waals surface area contributed by atoms with Crippen molar-refractivity contribution in [2.75, 3.05) is 0 Å². The maximum atomic E-state index is 12.0. The molecule has 2 aliphatic carbocycles. The number of hydrogen-bond donors (Lipinski definition) is 0. The second-order valence-corrected chi connectivity index (χ2v) is 6.05. The summed E-state index contributed by atoms with van der Waals surface area (Å²) in [6.45, 7) is 0. The fourth-order valence-electron chi connectivity index (χ4n) is 3.39. The van der Waals surface area contributed by atoms with Crippen LogP contribution in [-0.4, -0.2) is 46.9 Å². The van der Waals surface area contributed by atoms with Crippen LogP contribution in [0.1, 0.15) is 38.5 Å². The average Bonchev–Trinajstić information content (AvgIpc) is 3.30. The summed E-state index contributed by atoms with van der Waals surface area (Å²) >= 11 is 0. The Bertz CT molecular complexity index is 326. The van der Waals surface area contributed by atoms with Gasteiger partial charge in [0, 0.05) is 12.1 Å². The normalized spacial score (nSPS) is 48.0. The van der Waals surface area contributed by atoms with Gasteiger partial charge in [-0.2, -0.15) is 0 Å². The van der Waals surface area contributed by atoms with E-state index in [2.05, 4.69) is 0 Å². The van der Waals surface area contributed by atoms with Crippen molar-refractivity contribution >= 4 is 0 Å². The largest absolute Gasteiger partial charge is 0.761 e. The topological polar surface area (TPSA) is 87.6 Å². The molecule has 4 fully saturated rings. The lowest BCUT2D eigenvalue weighted by molar-refractivity contribution is -0.314. The van der Waals surface area contributed by atoms with E-state index >= 15 is 0 Å². The van der Waals surface area contributed by atoms with Crippen molar-refractivity contribution in [1.82, 2.24) is 10.4 Å². The van der Waals surface area contributed by atoms with Crippen LogP contribution in [0.25, 0.3) is 5.84 Å². The predicted molar refractivity (Wildman–Crippen MR) is 65.1 cm³/mol. The third-order valence-corrected chi connectivity index (χ3v) is 4.75. The molecule has 2 aliphatic heterocycles. The van der Waals surface area contributed by atoms with Gasteiger partial charge in [0.15, 0.2) is 0 Å². The van der Waals surface area contributed by atoms with Crippen LogP contribution >= 0.6 is 0 Å². The molecule has 0 aromatic rings. The molecule has 0 amide bonds. The molecular weight excluding hydrogens is 250 g/mol. The SMILES string of the molecule is [NH-]N(ON([O-])C1CCC2OC2C1)C1CCC2OC2C1. The molecule has 7 heteroatoms. The maximum Gasteiger partial charge on any atom is 0.0857 e. The number of hydroxylamine groups is 3.